The molecule has 4 heteroatoms. The Morgan fingerprint density at radius 1 is 1.21 bits per heavy atom. The Bertz CT molecular complexity index is 582. The number of hydrogen-bond acceptors (Lipinski definition) is 2. The van der Waals surface area contributed by atoms with Crippen LogP contribution in [0.25, 0.3) is 0 Å². The molecule has 1 aliphatic carbocycles. The Hall–Kier alpha value is -1.06. The van der Waals surface area contributed by atoms with Crippen molar-refractivity contribution in [2.75, 3.05) is 5.32 Å². The van der Waals surface area contributed by atoms with Crippen LogP contribution < -0.4 is 5.32 Å². The second-order valence-corrected chi connectivity index (χ2v) is 6.15. The average molecular weight is 338 g/mol. The van der Waals surface area contributed by atoms with Crippen molar-refractivity contribution in [3.05, 3.63) is 57.8 Å². The number of anilines is 1. The number of pyridine rings is 1. The summed E-state index contributed by atoms with van der Waals surface area (Å²) < 4.78 is 1.21. The highest BCUT2D eigenvalue weighted by molar-refractivity contribution is 9.10. The molecule has 0 saturated heterocycles. The van der Waals surface area contributed by atoms with Crippen LogP contribution in [0.2, 0.25) is 5.02 Å². The van der Waals surface area contributed by atoms with Crippen molar-refractivity contribution in [2.45, 2.75) is 24.8 Å². The van der Waals surface area contributed by atoms with Crippen molar-refractivity contribution in [1.82, 2.24) is 4.98 Å². The van der Waals surface area contributed by atoms with E-state index in [-0.39, 0.29) is 0 Å². The van der Waals surface area contributed by atoms with Crippen molar-refractivity contribution in [2.24, 2.45) is 0 Å². The summed E-state index contributed by atoms with van der Waals surface area (Å²) in [4.78, 5) is 4.09. The Labute approximate surface area is 126 Å². The zero-order chi connectivity index (χ0) is 13.2. The third-order valence-electron chi connectivity index (χ3n) is 3.61. The summed E-state index contributed by atoms with van der Waals surface area (Å²) >= 11 is 9.74. The largest absolute Gasteiger partial charge is 0.380 e. The molecule has 0 spiro atoms. The van der Waals surface area contributed by atoms with Crippen molar-refractivity contribution in [3.63, 3.8) is 0 Å². The van der Waals surface area contributed by atoms with Crippen LogP contribution in [0.15, 0.2) is 47.2 Å². The molecule has 2 aromatic rings. The van der Waals surface area contributed by atoms with Crippen LogP contribution in [-0.2, 0) is 0 Å². The van der Waals surface area contributed by atoms with Gasteiger partial charge in [-0.25, -0.2) is 0 Å². The fraction of sp³-hybridized carbons (Fsp3) is 0.267. The second kappa shape index (κ2) is 5.51. The molecular formula is C15H14BrClN2. The summed E-state index contributed by atoms with van der Waals surface area (Å²) in [5.74, 6) is 0.628. The van der Waals surface area contributed by atoms with E-state index in [1.165, 1.54) is 10.0 Å². The molecule has 1 aliphatic rings. The van der Waals surface area contributed by atoms with Gasteiger partial charge in [-0.2, -0.15) is 0 Å². The van der Waals surface area contributed by atoms with Gasteiger partial charge in [0.05, 0.1) is 16.9 Å². The molecule has 0 bridgehead atoms. The average Bonchev–Trinajstić information content (AvgIpc) is 2.37. The molecule has 1 N–H and O–H groups in total. The summed E-state index contributed by atoms with van der Waals surface area (Å²) in [5.41, 5.74) is 2.33. The minimum atomic E-state index is 0.485. The number of nitrogens with zero attached hydrogens (tertiary/aromatic N) is 1. The number of nitrogens with one attached hydrogen (secondary N) is 1. The number of rotatable bonds is 3. The zero-order valence-corrected chi connectivity index (χ0v) is 12.7. The van der Waals surface area contributed by atoms with Crippen LogP contribution in [0, 0.1) is 0 Å². The standard InChI is InChI=1S/C15H14BrClN2/c16-13-4-2-1-3-12(13)10-7-11(8-10)19-15-9-18-6-5-14(15)17/h1-6,9-11,19H,7-8H2. The van der Waals surface area contributed by atoms with E-state index in [1.54, 1.807) is 12.4 Å². The summed E-state index contributed by atoms with van der Waals surface area (Å²) in [7, 11) is 0. The van der Waals surface area contributed by atoms with Gasteiger partial charge < -0.3 is 5.32 Å². The first-order valence-corrected chi connectivity index (χ1v) is 7.51. The van der Waals surface area contributed by atoms with Crippen molar-refractivity contribution in [1.29, 1.82) is 0 Å². The zero-order valence-electron chi connectivity index (χ0n) is 10.3. The minimum absolute atomic E-state index is 0.485. The second-order valence-electron chi connectivity index (χ2n) is 4.89. The fourth-order valence-electron chi connectivity index (χ4n) is 2.50. The molecule has 0 atom stereocenters. The van der Waals surface area contributed by atoms with E-state index in [2.05, 4.69) is 50.5 Å². The predicted molar refractivity (Wildman–Crippen MR) is 82.8 cm³/mol. The first-order chi connectivity index (χ1) is 9.24. The van der Waals surface area contributed by atoms with Gasteiger partial charge in [-0.05, 0) is 36.5 Å². The Morgan fingerprint density at radius 2 is 2.00 bits per heavy atom. The summed E-state index contributed by atoms with van der Waals surface area (Å²) in [6.45, 7) is 0. The maximum Gasteiger partial charge on any atom is 0.0718 e. The third-order valence-corrected chi connectivity index (χ3v) is 4.66. The summed E-state index contributed by atoms with van der Waals surface area (Å²) in [5, 5.41) is 4.19. The van der Waals surface area contributed by atoms with E-state index < -0.39 is 0 Å². The Balaban J connectivity index is 1.62. The maximum atomic E-state index is 6.12. The van der Waals surface area contributed by atoms with Crippen molar-refractivity contribution >= 4 is 33.2 Å². The maximum absolute atomic E-state index is 6.12. The first-order valence-electron chi connectivity index (χ1n) is 6.34. The van der Waals surface area contributed by atoms with Crippen LogP contribution in [0.1, 0.15) is 24.3 Å². The quantitative estimate of drug-likeness (QED) is 0.865. The Kier molecular flexibility index (Phi) is 3.76. The highest BCUT2D eigenvalue weighted by Crippen LogP contribution is 2.41. The molecule has 0 radical (unpaired) electrons. The number of hydrogen-bond donors (Lipinski definition) is 1. The van der Waals surface area contributed by atoms with Gasteiger partial charge in [0.1, 0.15) is 0 Å². The molecule has 3 rings (SSSR count). The molecule has 1 aromatic carbocycles. The first kappa shape index (κ1) is 12.9. The van der Waals surface area contributed by atoms with Crippen LogP contribution in [0.3, 0.4) is 0 Å². The Morgan fingerprint density at radius 3 is 2.74 bits per heavy atom. The van der Waals surface area contributed by atoms with Crippen molar-refractivity contribution in [3.8, 4) is 0 Å². The van der Waals surface area contributed by atoms with Gasteiger partial charge in [0.15, 0.2) is 0 Å². The molecule has 1 saturated carbocycles. The SMILES string of the molecule is Clc1ccncc1NC1CC(c2ccccc2Br)C1. The van der Waals surface area contributed by atoms with Gasteiger partial charge >= 0.3 is 0 Å². The van der Waals surface area contributed by atoms with Crippen LogP contribution in [-0.4, -0.2) is 11.0 Å². The molecule has 0 aliphatic heterocycles. The number of aromatic nitrogens is 1. The van der Waals surface area contributed by atoms with Crippen LogP contribution in [0.5, 0.6) is 0 Å². The molecule has 0 amide bonds. The molecule has 19 heavy (non-hydrogen) atoms. The molecule has 98 valence electrons. The lowest BCUT2D eigenvalue weighted by atomic mass is 9.76. The lowest BCUT2D eigenvalue weighted by Crippen LogP contribution is -2.34. The molecule has 1 fully saturated rings. The molecule has 1 aromatic heterocycles. The van der Waals surface area contributed by atoms with Crippen molar-refractivity contribution < 1.29 is 0 Å². The number of halogens is 2. The fourth-order valence-corrected chi connectivity index (χ4v) is 3.27. The van der Waals surface area contributed by atoms with E-state index in [0.29, 0.717) is 12.0 Å². The number of benzene rings is 1. The van der Waals surface area contributed by atoms with E-state index >= 15 is 0 Å². The van der Waals surface area contributed by atoms with E-state index in [9.17, 15) is 0 Å². The molecule has 2 nitrogen and oxygen atoms in total. The highest BCUT2D eigenvalue weighted by Gasteiger charge is 2.31. The molecule has 0 unspecified atom stereocenters. The summed E-state index contributed by atoms with van der Waals surface area (Å²) in [6, 6.07) is 10.7. The van der Waals surface area contributed by atoms with Crippen LogP contribution in [0.4, 0.5) is 5.69 Å². The van der Waals surface area contributed by atoms with Gasteiger partial charge in [-0.15, -0.1) is 0 Å². The van der Waals surface area contributed by atoms with Gasteiger partial charge in [0.25, 0.3) is 0 Å². The van der Waals surface area contributed by atoms with E-state index in [1.807, 2.05) is 6.07 Å². The monoisotopic (exact) mass is 336 g/mol. The lowest BCUT2D eigenvalue weighted by molar-refractivity contribution is 0.373. The summed E-state index contributed by atoms with van der Waals surface area (Å²) in [6.07, 6.45) is 5.76. The topological polar surface area (TPSA) is 24.9 Å². The normalized spacial score (nSPS) is 21.8. The smallest absolute Gasteiger partial charge is 0.0718 e. The van der Waals surface area contributed by atoms with E-state index in [4.69, 9.17) is 11.6 Å². The third kappa shape index (κ3) is 2.77. The predicted octanol–water partition coefficient (Wildman–Crippen LogP) is 4.86. The molecule has 1 heterocycles. The van der Waals surface area contributed by atoms with Gasteiger partial charge in [0.2, 0.25) is 0 Å². The van der Waals surface area contributed by atoms with Crippen LogP contribution >= 0.6 is 27.5 Å². The van der Waals surface area contributed by atoms with Gasteiger partial charge in [-0.1, -0.05) is 45.7 Å². The van der Waals surface area contributed by atoms with Gasteiger partial charge in [-0.3, -0.25) is 4.98 Å². The van der Waals surface area contributed by atoms with E-state index in [0.717, 1.165) is 23.6 Å². The van der Waals surface area contributed by atoms with Gasteiger partial charge in [0, 0.05) is 16.7 Å². The lowest BCUT2D eigenvalue weighted by Gasteiger charge is -2.37. The molecular weight excluding hydrogens is 324 g/mol. The minimum Gasteiger partial charge on any atom is -0.380 e. The highest BCUT2D eigenvalue weighted by atomic mass is 79.9.